The summed E-state index contributed by atoms with van der Waals surface area (Å²) in [5.41, 5.74) is 20.3. The Morgan fingerprint density at radius 2 is 1.02 bits per heavy atom. The number of carbonyl (C=O) groups excluding carboxylic acids is 17. The molecule has 4 aliphatic rings. The molecule has 14 unspecified atom stereocenters. The lowest BCUT2D eigenvalue weighted by atomic mass is 10.0. The molecule has 0 radical (unpaired) electrons. The molecule has 0 bridgehead atoms. The van der Waals surface area contributed by atoms with Gasteiger partial charge in [-0.3, -0.25) is 81.5 Å². The van der Waals surface area contributed by atoms with Crippen LogP contribution in [0.3, 0.4) is 0 Å². The zero-order chi connectivity index (χ0) is 94.2. The number of nitrogens with one attached hydrogen (secondary N) is 13. The number of phenolic OH excluding ortho intramolecular Hbond substituents is 1. The average molecular weight is 1820 g/mol. The van der Waals surface area contributed by atoms with E-state index in [0.29, 0.717) is 57.0 Å². The van der Waals surface area contributed by atoms with Crippen molar-refractivity contribution in [1.82, 2.24) is 97.6 Å². The maximum absolute atomic E-state index is 15.6. The van der Waals surface area contributed by atoms with Crippen LogP contribution in [-0.2, 0) is 107 Å². The van der Waals surface area contributed by atoms with Crippen LogP contribution >= 0.6 is 11.8 Å². The van der Waals surface area contributed by atoms with Gasteiger partial charge in [-0.15, -0.1) is 11.8 Å². The normalized spacial score (nSPS) is 25.2. The number of H-pyrrole nitrogens is 3. The summed E-state index contributed by atoms with van der Waals surface area (Å²) in [5, 5.41) is 49.5. The van der Waals surface area contributed by atoms with Crippen molar-refractivity contribution in [1.29, 1.82) is 0 Å². The number of carbonyl (C=O) groups is 17. The van der Waals surface area contributed by atoms with Gasteiger partial charge in [-0.2, -0.15) is 0 Å². The first kappa shape index (κ1) is 99.2. The van der Waals surface area contributed by atoms with E-state index < -0.39 is 216 Å². The fraction of sp³-hybridized carbons (Fsp3) is 0.523. The van der Waals surface area contributed by atoms with Gasteiger partial charge in [-0.05, 0) is 125 Å². The Morgan fingerprint density at radius 1 is 0.531 bits per heavy atom. The van der Waals surface area contributed by atoms with Crippen LogP contribution in [0.2, 0.25) is 0 Å². The number of fused-ring (bicyclic) bond motifs is 5. The lowest BCUT2D eigenvalue weighted by Gasteiger charge is -2.35. The predicted molar refractivity (Wildman–Crippen MR) is 476 cm³/mol. The average Bonchev–Trinajstić information content (AvgIpc) is 1.55. The molecule has 702 valence electrons. The van der Waals surface area contributed by atoms with Crippen molar-refractivity contribution < 1.29 is 91.7 Å². The number of primary amides is 2. The Bertz CT molecular complexity index is 5070. The minimum absolute atomic E-state index is 0.00114. The summed E-state index contributed by atoms with van der Waals surface area (Å²) in [6, 6.07) is -0.757. The topological polar surface area (TPSA) is 605 Å². The van der Waals surface area contributed by atoms with Crippen molar-refractivity contribution in [2.45, 2.75) is 221 Å². The largest absolute Gasteiger partial charge is 0.508 e. The molecule has 3 aromatic heterocycles. The summed E-state index contributed by atoms with van der Waals surface area (Å²) in [5.74, 6) is -16.4. The highest BCUT2D eigenvalue weighted by atomic mass is 32.2. The number of imidazole rings is 1. The van der Waals surface area contributed by atoms with Gasteiger partial charge in [0.2, 0.25) is 100 Å². The Balaban J connectivity index is 0.993. The van der Waals surface area contributed by atoms with Gasteiger partial charge in [0.05, 0.1) is 31.7 Å². The van der Waals surface area contributed by atoms with Gasteiger partial charge in [0.25, 0.3) is 0 Å². The summed E-state index contributed by atoms with van der Waals surface area (Å²) >= 11 is 0.790. The van der Waals surface area contributed by atoms with Gasteiger partial charge >= 0.3 is 0 Å². The Kier molecular flexibility index (Phi) is 35.7. The third-order valence-electron chi connectivity index (χ3n) is 23.9. The Hall–Kier alpha value is -13.0. The van der Waals surface area contributed by atoms with E-state index in [1.165, 1.54) is 72.5 Å². The number of aromatic nitrogens is 4. The van der Waals surface area contributed by atoms with Gasteiger partial charge < -0.3 is 120 Å². The number of phenols is 1. The van der Waals surface area contributed by atoms with Crippen molar-refractivity contribution in [3.63, 3.8) is 0 Å². The van der Waals surface area contributed by atoms with Crippen LogP contribution in [0, 0.1) is 5.92 Å². The first-order chi connectivity index (χ1) is 62.2. The minimum Gasteiger partial charge on any atom is -0.508 e. The van der Waals surface area contributed by atoms with Crippen molar-refractivity contribution in [3.05, 3.63) is 120 Å². The lowest BCUT2D eigenvalue weighted by Crippen LogP contribution is -2.61. The smallest absolute Gasteiger partial charge is 0.246 e. The third-order valence-corrected chi connectivity index (χ3v) is 24.9. The first-order valence-electron chi connectivity index (χ1n) is 43.9. The number of thioether (sulfide) groups is 1. The number of aliphatic hydroxyl groups is 1. The summed E-state index contributed by atoms with van der Waals surface area (Å²) in [7, 11) is 2.61. The van der Waals surface area contributed by atoms with E-state index in [1.807, 2.05) is 6.92 Å². The summed E-state index contributed by atoms with van der Waals surface area (Å²) in [6.45, 7) is 4.95. The van der Waals surface area contributed by atoms with Gasteiger partial charge in [-0.1, -0.05) is 82.1 Å². The van der Waals surface area contributed by atoms with Gasteiger partial charge in [0, 0.05) is 111 Å². The number of nitrogens with zero attached hydrogens (tertiary/aromatic N) is 6. The second-order valence-corrected chi connectivity index (χ2v) is 34.8. The quantitative estimate of drug-likeness (QED) is 0.0335. The fourth-order valence-corrected chi connectivity index (χ4v) is 17.6. The van der Waals surface area contributed by atoms with E-state index >= 15 is 33.6 Å². The molecule has 0 spiro atoms. The van der Waals surface area contributed by atoms with Crippen LogP contribution in [0.25, 0.3) is 21.8 Å². The second kappa shape index (κ2) is 46.8. The predicted octanol–water partition coefficient (Wildman–Crippen LogP) is -2.45. The van der Waals surface area contributed by atoms with Crippen molar-refractivity contribution >= 4 is 134 Å². The van der Waals surface area contributed by atoms with Crippen molar-refractivity contribution in [2.24, 2.45) is 23.1 Å². The van der Waals surface area contributed by atoms with Crippen LogP contribution in [0.1, 0.15) is 134 Å². The summed E-state index contributed by atoms with van der Waals surface area (Å²) in [4.78, 5) is 268. The van der Waals surface area contributed by atoms with Crippen LogP contribution in [0.4, 0.5) is 0 Å². The maximum atomic E-state index is 15.6. The van der Waals surface area contributed by atoms with Crippen LogP contribution in [0.5, 0.6) is 5.75 Å². The molecule has 4 fully saturated rings. The molecule has 21 N–H and O–H groups in total. The van der Waals surface area contributed by atoms with Crippen molar-refractivity contribution in [2.75, 3.05) is 64.9 Å². The van der Waals surface area contributed by atoms with Crippen LogP contribution < -0.4 is 70.4 Å². The number of hydrogen-bond donors (Lipinski definition) is 18. The number of para-hydroxylation sites is 2. The molecule has 4 saturated heterocycles. The molecular weight excluding hydrogens is 1700 g/mol. The highest BCUT2D eigenvalue weighted by Crippen LogP contribution is 2.29. The molecule has 6 aromatic rings. The zero-order valence-electron chi connectivity index (χ0n) is 73.7. The number of benzene rings is 3. The number of amides is 17. The van der Waals surface area contributed by atoms with Gasteiger partial charge in [0.15, 0.2) is 0 Å². The molecule has 0 saturated carbocycles. The SMILES string of the molecule is CCCCC1C(=O)N2CCCC2C(=O)NC(CCCN)C(=O)NC(C(=O)NCC(N)=O)CSCC(=O)NC(Cc2ccc(O)cc2)C(=O)N(C)C(C)C(=O)NC(CC(N)=O)C(=O)N2CCCC2C(=O)NC(Cc2cnc[nH]2)C(=O)NC(CC(C)C)C(=O)N2CCCC2C(=O)NC(Cc2c[nH]c3ccccc23)C(=O)NC(CO)C(=O)NC(Cc2c[nH]c3ccccc23)C(=O)N1C. The molecule has 3 aromatic carbocycles. The van der Waals surface area contributed by atoms with Gasteiger partial charge in [-0.25, -0.2) is 4.98 Å². The van der Waals surface area contributed by atoms with E-state index in [4.69, 9.17) is 17.2 Å². The second-order valence-electron chi connectivity index (χ2n) is 33.8. The molecule has 7 heterocycles. The molecule has 0 aliphatic carbocycles. The molecule has 4 aliphatic heterocycles. The fourth-order valence-electron chi connectivity index (χ4n) is 16.8. The standard InChI is InChI=1S/C88H120N22O19S/c1-7-8-22-71-88(129)110-33-16-25-70(110)81(122)98-59(21-13-30-89)77(118)105-67(76(117)95-43-73(91)114)45-130-46-74(115)97-63(35-50-26-28-54(112)29-27-50)84(125)106(5)49(4)75(116)101-65(39-72(90)113)87(128)109-32-15-24-69(109)83(124)100-61(38-53-42-92-47-96-53)79(120)102-62(34-48(2)3)86(127)108-31-14-23-68(108)82(123)99-60(36-51-40-93-57-19-11-9-17-55(51)57)78(119)104-66(44-111)80(121)103-64(85(126)107(71)6)37-52-41-94-58-20-12-10-18-56(52)58/h9-12,17-20,26-29,40-42,47-49,59-71,93-94,111-112H,7-8,13-16,21-25,30-39,43-46,89H2,1-6H3,(H2,90,113)(H2,91,114)(H,92,96)(H,95,117)(H,97,115)(H,98,122)(H,99,123)(H,100,124)(H,101,116)(H,102,120)(H,103,121)(H,104,119)(H,105,118). The van der Waals surface area contributed by atoms with E-state index in [1.54, 1.807) is 74.8 Å². The number of aliphatic hydroxyl groups excluding tert-OH is 1. The lowest BCUT2D eigenvalue weighted by molar-refractivity contribution is -0.149. The van der Waals surface area contributed by atoms with E-state index in [0.717, 1.165) is 21.6 Å². The monoisotopic (exact) mass is 1820 g/mol. The molecular formula is C88H120N22O19S. The van der Waals surface area contributed by atoms with E-state index in [9.17, 15) is 58.2 Å². The van der Waals surface area contributed by atoms with Crippen LogP contribution in [-0.4, -0.2) is 305 Å². The number of likely N-dealkylation sites (N-methyl/N-ethyl adjacent to an activating group) is 2. The number of aromatic hydroxyl groups is 1. The van der Waals surface area contributed by atoms with Gasteiger partial charge in [0.1, 0.15) is 90.3 Å². The number of unbranched alkanes of at least 4 members (excludes halogenated alkanes) is 1. The summed E-state index contributed by atoms with van der Waals surface area (Å²) < 4.78 is 0. The third kappa shape index (κ3) is 26.2. The molecule has 130 heavy (non-hydrogen) atoms. The van der Waals surface area contributed by atoms with Crippen LogP contribution in [0.15, 0.2) is 97.7 Å². The van der Waals surface area contributed by atoms with E-state index in [-0.39, 0.29) is 128 Å². The Labute approximate surface area is 755 Å². The maximum Gasteiger partial charge on any atom is 0.246 e. The molecule has 10 rings (SSSR count). The Morgan fingerprint density at radius 3 is 1.56 bits per heavy atom. The minimum atomic E-state index is -1.83. The highest BCUT2D eigenvalue weighted by molar-refractivity contribution is 8.00. The zero-order valence-corrected chi connectivity index (χ0v) is 74.6. The summed E-state index contributed by atoms with van der Waals surface area (Å²) in [6.07, 6.45) is 6.20. The highest BCUT2D eigenvalue weighted by Gasteiger charge is 2.46. The van der Waals surface area contributed by atoms with E-state index in [2.05, 4.69) is 73.1 Å². The molecule has 42 heteroatoms. The number of nitrogens with two attached hydrogens (primary N) is 3. The number of hydrogen-bond acceptors (Lipinski definition) is 22. The number of aromatic amines is 3. The first-order valence-corrected chi connectivity index (χ1v) is 45.1. The number of rotatable bonds is 22. The molecule has 17 amide bonds. The molecule has 14 atom stereocenters. The molecule has 41 nitrogen and oxygen atoms in total. The van der Waals surface area contributed by atoms with Crippen molar-refractivity contribution in [3.8, 4) is 5.75 Å².